The molecule has 0 aromatic heterocycles. The lowest BCUT2D eigenvalue weighted by Gasteiger charge is -1.97. The van der Waals surface area contributed by atoms with Crippen LogP contribution in [0.15, 0.2) is 48.6 Å². The molecular weight excluding hydrogens is 156 g/mol. The average Bonchev–Trinajstić information content (AvgIpc) is 2.14. The van der Waals surface area contributed by atoms with Crippen LogP contribution in [-0.2, 0) is 0 Å². The van der Waals surface area contributed by atoms with Crippen LogP contribution in [0.1, 0.15) is 34.1 Å². The molecule has 0 aliphatic rings. The third-order valence-electron chi connectivity index (χ3n) is 1.41. The van der Waals surface area contributed by atoms with E-state index in [1.807, 2.05) is 19.1 Å². The van der Waals surface area contributed by atoms with Crippen molar-refractivity contribution in [3.63, 3.8) is 0 Å². The Labute approximate surface area is 83.4 Å². The van der Waals surface area contributed by atoms with Crippen LogP contribution in [0, 0.1) is 0 Å². The van der Waals surface area contributed by atoms with Crippen molar-refractivity contribution in [2.75, 3.05) is 0 Å². The van der Waals surface area contributed by atoms with Gasteiger partial charge in [-0.15, -0.1) is 0 Å². The molecular formula is C13H22. The first-order valence-corrected chi connectivity index (χ1v) is 4.76. The van der Waals surface area contributed by atoms with Gasteiger partial charge in [0.1, 0.15) is 0 Å². The molecule has 0 amide bonds. The molecule has 0 heteroatoms. The van der Waals surface area contributed by atoms with E-state index in [4.69, 9.17) is 0 Å². The highest BCUT2D eigenvalue weighted by Gasteiger charge is 1.89. The van der Waals surface area contributed by atoms with Crippen LogP contribution in [0.2, 0.25) is 0 Å². The molecule has 0 aliphatic carbocycles. The molecule has 0 spiro atoms. The van der Waals surface area contributed by atoms with Gasteiger partial charge in [0, 0.05) is 0 Å². The third-order valence-corrected chi connectivity index (χ3v) is 1.41. The zero-order valence-electron chi connectivity index (χ0n) is 9.43. The van der Waals surface area contributed by atoms with Gasteiger partial charge in [0.15, 0.2) is 0 Å². The fourth-order valence-electron chi connectivity index (χ4n) is 0.654. The topological polar surface area (TPSA) is 0 Å². The summed E-state index contributed by atoms with van der Waals surface area (Å²) >= 11 is 0. The maximum atomic E-state index is 3.69. The van der Waals surface area contributed by atoms with Crippen LogP contribution in [-0.4, -0.2) is 0 Å². The van der Waals surface area contributed by atoms with Crippen molar-refractivity contribution >= 4 is 0 Å². The summed E-state index contributed by atoms with van der Waals surface area (Å²) in [5.41, 5.74) is 2.37. The highest BCUT2D eigenvalue weighted by Crippen LogP contribution is 2.09. The summed E-state index contributed by atoms with van der Waals surface area (Å²) in [5.74, 6) is 0. The highest BCUT2D eigenvalue weighted by molar-refractivity contribution is 5.38. The summed E-state index contributed by atoms with van der Waals surface area (Å²) < 4.78 is 0. The summed E-state index contributed by atoms with van der Waals surface area (Å²) in [6.07, 6.45) is 8.85. The first-order chi connectivity index (χ1) is 6.17. The molecule has 0 heterocycles. The van der Waals surface area contributed by atoms with Crippen molar-refractivity contribution in [3.8, 4) is 0 Å². The maximum Gasteiger partial charge on any atom is -0.0237 e. The van der Waals surface area contributed by atoms with E-state index in [1.54, 1.807) is 6.08 Å². The molecule has 0 aromatic carbocycles. The zero-order valence-corrected chi connectivity index (χ0v) is 9.43. The minimum atomic E-state index is 1.14. The molecule has 0 aromatic rings. The van der Waals surface area contributed by atoms with E-state index in [2.05, 4.69) is 40.0 Å². The minimum Gasteiger partial charge on any atom is -0.0990 e. The summed E-state index contributed by atoms with van der Waals surface area (Å²) in [7, 11) is 0. The van der Waals surface area contributed by atoms with Gasteiger partial charge < -0.3 is 0 Å². The summed E-state index contributed by atoms with van der Waals surface area (Å²) in [5, 5.41) is 0. The molecule has 0 unspecified atom stereocenters. The van der Waals surface area contributed by atoms with Crippen molar-refractivity contribution in [1.29, 1.82) is 0 Å². The van der Waals surface area contributed by atoms with Crippen molar-refractivity contribution in [2.24, 2.45) is 0 Å². The van der Waals surface area contributed by atoms with Gasteiger partial charge in [0.05, 0.1) is 0 Å². The van der Waals surface area contributed by atoms with Crippen LogP contribution in [0.25, 0.3) is 0 Å². The van der Waals surface area contributed by atoms with Gasteiger partial charge in [-0.2, -0.15) is 0 Å². The van der Waals surface area contributed by atoms with Gasteiger partial charge in [-0.25, -0.2) is 0 Å². The van der Waals surface area contributed by atoms with Crippen molar-refractivity contribution in [3.05, 3.63) is 48.6 Å². The van der Waals surface area contributed by atoms with Gasteiger partial charge in [-0.3, -0.25) is 0 Å². The van der Waals surface area contributed by atoms with Crippen LogP contribution in [0.5, 0.6) is 0 Å². The predicted molar refractivity (Wildman–Crippen MR) is 63.9 cm³/mol. The second-order valence-corrected chi connectivity index (χ2v) is 2.74. The average molecular weight is 178 g/mol. The molecule has 0 rings (SSSR count). The Morgan fingerprint density at radius 2 is 1.69 bits per heavy atom. The molecule has 0 nitrogen and oxygen atoms in total. The molecule has 0 aliphatic heterocycles. The van der Waals surface area contributed by atoms with E-state index in [0.29, 0.717) is 0 Å². The van der Waals surface area contributed by atoms with Crippen LogP contribution < -0.4 is 0 Å². The third kappa shape index (κ3) is 8.87. The largest absolute Gasteiger partial charge is 0.0990 e. The van der Waals surface area contributed by atoms with Crippen LogP contribution >= 0.6 is 0 Å². The minimum absolute atomic E-state index is 1.14. The predicted octanol–water partition coefficient (Wildman–Crippen LogP) is 4.67. The Balaban J connectivity index is 0. The van der Waals surface area contributed by atoms with Gasteiger partial charge in [-0.1, -0.05) is 57.7 Å². The summed E-state index contributed by atoms with van der Waals surface area (Å²) in [6, 6.07) is 0. The molecule has 0 atom stereocenters. The van der Waals surface area contributed by atoms with Crippen LogP contribution in [0.4, 0.5) is 0 Å². The monoisotopic (exact) mass is 178 g/mol. The van der Waals surface area contributed by atoms with Crippen molar-refractivity contribution in [2.45, 2.75) is 34.1 Å². The maximum absolute atomic E-state index is 3.69. The molecule has 0 bridgehead atoms. The van der Waals surface area contributed by atoms with Crippen molar-refractivity contribution in [1.82, 2.24) is 0 Å². The van der Waals surface area contributed by atoms with E-state index in [0.717, 1.165) is 5.57 Å². The van der Waals surface area contributed by atoms with E-state index in [1.165, 1.54) is 12.0 Å². The van der Waals surface area contributed by atoms with Gasteiger partial charge >= 0.3 is 0 Å². The molecule has 0 N–H and O–H groups in total. The van der Waals surface area contributed by atoms with E-state index in [9.17, 15) is 0 Å². The lowest BCUT2D eigenvalue weighted by atomic mass is 10.1. The molecule has 0 radical (unpaired) electrons. The van der Waals surface area contributed by atoms with E-state index in [-0.39, 0.29) is 0 Å². The zero-order chi connectivity index (χ0) is 10.7. The molecule has 13 heavy (non-hydrogen) atoms. The molecule has 0 saturated carbocycles. The number of hydrogen-bond donors (Lipinski definition) is 0. The fraction of sp³-hybridized carbons (Fsp3) is 0.385. The van der Waals surface area contributed by atoms with Crippen molar-refractivity contribution < 1.29 is 0 Å². The second-order valence-electron chi connectivity index (χ2n) is 2.74. The molecule has 0 fully saturated rings. The normalized spacial score (nSPS) is 11.4. The first-order valence-electron chi connectivity index (χ1n) is 4.76. The van der Waals surface area contributed by atoms with Gasteiger partial charge in [-0.05, 0) is 25.0 Å². The Morgan fingerprint density at radius 1 is 1.23 bits per heavy atom. The Morgan fingerprint density at radius 3 is 1.92 bits per heavy atom. The lowest BCUT2D eigenvalue weighted by molar-refractivity contribution is 1.09. The fourth-order valence-corrected chi connectivity index (χ4v) is 0.654. The highest BCUT2D eigenvalue weighted by atomic mass is 13.9. The molecule has 74 valence electrons. The smallest absolute Gasteiger partial charge is 0.0237 e. The van der Waals surface area contributed by atoms with Gasteiger partial charge in [0.25, 0.3) is 0 Å². The Kier molecular flexibility index (Phi) is 12.2. The lowest BCUT2D eigenvalue weighted by Crippen LogP contribution is -1.77. The number of allylic oxidation sites excluding steroid dienone is 6. The Hall–Kier alpha value is -1.04. The SMILES string of the molecule is C=C/C=C(C=C)\C(C)=C/C.CCC. The number of rotatable bonds is 3. The first kappa shape index (κ1) is 14.5. The van der Waals surface area contributed by atoms with E-state index < -0.39 is 0 Å². The van der Waals surface area contributed by atoms with E-state index >= 15 is 0 Å². The molecule has 0 saturated heterocycles. The summed E-state index contributed by atoms with van der Waals surface area (Å²) in [4.78, 5) is 0. The number of hydrogen-bond acceptors (Lipinski definition) is 0. The standard InChI is InChI=1S/C10H14.C3H8/c1-5-8-10(7-3)9(4)6-2;1-3-2/h5-8H,1,3H2,2,4H3;3H2,1-2H3/b9-6-,10-8-;. The second kappa shape index (κ2) is 11.0. The Bertz CT molecular complexity index is 192. The quantitative estimate of drug-likeness (QED) is 0.551. The summed E-state index contributed by atoms with van der Waals surface area (Å²) in [6.45, 7) is 15.6. The van der Waals surface area contributed by atoms with Crippen LogP contribution in [0.3, 0.4) is 0 Å². The van der Waals surface area contributed by atoms with Gasteiger partial charge in [0.2, 0.25) is 0 Å².